The number of hydrogen-bond donors (Lipinski definition) is 1. The zero-order chi connectivity index (χ0) is 18.3. The Morgan fingerprint density at radius 3 is 2.69 bits per heavy atom. The van der Waals surface area contributed by atoms with Crippen molar-refractivity contribution in [2.24, 2.45) is 7.05 Å². The third-order valence-electron chi connectivity index (χ3n) is 5.02. The van der Waals surface area contributed by atoms with Crippen molar-refractivity contribution < 1.29 is 0 Å². The van der Waals surface area contributed by atoms with E-state index < -0.39 is 0 Å². The number of nitrogens with zero attached hydrogens (tertiary/aromatic N) is 6. The molecule has 4 heterocycles. The topological polar surface area (TPSA) is 92.6 Å². The minimum Gasteiger partial charge on any atom is -0.306 e. The fourth-order valence-electron chi connectivity index (χ4n) is 3.44. The summed E-state index contributed by atoms with van der Waals surface area (Å²) in [5, 5.41) is 4.48. The van der Waals surface area contributed by atoms with Crippen LogP contribution in [-0.4, -0.2) is 41.2 Å². The fraction of sp³-hybridized carbons (Fsp3) is 0.389. The lowest BCUT2D eigenvalue weighted by Crippen LogP contribution is -2.35. The smallest absolute Gasteiger partial charge is 0.255 e. The van der Waals surface area contributed by atoms with Crippen LogP contribution in [0.1, 0.15) is 28.2 Å². The summed E-state index contributed by atoms with van der Waals surface area (Å²) < 4.78 is 1.91. The Labute approximate surface area is 151 Å². The van der Waals surface area contributed by atoms with Gasteiger partial charge in [-0.3, -0.25) is 14.4 Å². The quantitative estimate of drug-likeness (QED) is 0.761. The largest absolute Gasteiger partial charge is 0.306 e. The summed E-state index contributed by atoms with van der Waals surface area (Å²) in [5.74, 6) is 0.529. The molecule has 3 aromatic heterocycles. The van der Waals surface area contributed by atoms with Crippen molar-refractivity contribution >= 4 is 0 Å². The van der Waals surface area contributed by atoms with E-state index in [4.69, 9.17) is 0 Å². The number of fused-ring (bicyclic) bond motifs is 1. The van der Waals surface area contributed by atoms with Gasteiger partial charge in [0, 0.05) is 56.8 Å². The first kappa shape index (κ1) is 16.6. The molecule has 0 bridgehead atoms. The van der Waals surface area contributed by atoms with E-state index in [9.17, 15) is 4.79 Å². The Hall–Kier alpha value is -2.87. The number of aromatic nitrogens is 6. The number of aromatic amines is 1. The summed E-state index contributed by atoms with van der Waals surface area (Å²) in [4.78, 5) is 30.4. The number of H-pyrrole nitrogens is 1. The number of nitrogens with one attached hydrogen (secondary N) is 1. The van der Waals surface area contributed by atoms with E-state index >= 15 is 0 Å². The van der Waals surface area contributed by atoms with Gasteiger partial charge < -0.3 is 4.98 Å². The highest BCUT2D eigenvalue weighted by atomic mass is 16.1. The first-order valence-corrected chi connectivity index (χ1v) is 8.62. The average Bonchev–Trinajstić information content (AvgIpc) is 2.89. The lowest BCUT2D eigenvalue weighted by Gasteiger charge is -2.27. The number of rotatable bonds is 3. The van der Waals surface area contributed by atoms with Gasteiger partial charge >= 0.3 is 0 Å². The molecule has 134 valence electrons. The van der Waals surface area contributed by atoms with Crippen molar-refractivity contribution in [1.82, 2.24) is 34.6 Å². The molecule has 0 aliphatic carbocycles. The van der Waals surface area contributed by atoms with Gasteiger partial charge in [0.1, 0.15) is 12.2 Å². The normalized spacial score (nSPS) is 14.4. The predicted octanol–water partition coefficient (Wildman–Crippen LogP) is 1.14. The highest BCUT2D eigenvalue weighted by molar-refractivity contribution is 5.52. The second kappa shape index (κ2) is 6.45. The summed E-state index contributed by atoms with van der Waals surface area (Å²) >= 11 is 0. The second-order valence-electron chi connectivity index (χ2n) is 6.70. The van der Waals surface area contributed by atoms with Crippen molar-refractivity contribution in [2.75, 3.05) is 6.54 Å². The standard InChI is InChI=1S/C18H21N7O/c1-11-14(12(2)24(3)23-11)8-25-5-4-16-15(9-25)18(26)22-17(21-16)13-6-19-10-20-7-13/h6-7,10H,4-5,8-9H2,1-3H3,(H,21,22,26). The van der Waals surface area contributed by atoms with Crippen molar-refractivity contribution in [3.8, 4) is 11.4 Å². The monoisotopic (exact) mass is 351 g/mol. The summed E-state index contributed by atoms with van der Waals surface area (Å²) in [6.45, 7) is 6.36. The van der Waals surface area contributed by atoms with Crippen molar-refractivity contribution in [3.63, 3.8) is 0 Å². The highest BCUT2D eigenvalue weighted by Gasteiger charge is 2.23. The van der Waals surface area contributed by atoms with Crippen LogP contribution >= 0.6 is 0 Å². The van der Waals surface area contributed by atoms with Crippen LogP contribution in [0, 0.1) is 13.8 Å². The van der Waals surface area contributed by atoms with E-state index in [1.54, 1.807) is 12.4 Å². The highest BCUT2D eigenvalue weighted by Crippen LogP contribution is 2.21. The minimum atomic E-state index is -0.0850. The van der Waals surface area contributed by atoms with Gasteiger partial charge in [-0.25, -0.2) is 15.0 Å². The molecule has 0 saturated carbocycles. The zero-order valence-electron chi connectivity index (χ0n) is 15.2. The van der Waals surface area contributed by atoms with E-state index in [1.165, 1.54) is 17.6 Å². The van der Waals surface area contributed by atoms with E-state index in [2.05, 4.69) is 36.9 Å². The molecule has 8 nitrogen and oxygen atoms in total. The van der Waals surface area contributed by atoms with E-state index in [-0.39, 0.29) is 5.56 Å². The molecule has 0 radical (unpaired) electrons. The second-order valence-corrected chi connectivity index (χ2v) is 6.70. The SMILES string of the molecule is Cc1nn(C)c(C)c1CN1CCc2nc(-c3cncnc3)[nH]c(=O)c2C1. The summed E-state index contributed by atoms with van der Waals surface area (Å²) in [7, 11) is 1.96. The first-order chi connectivity index (χ1) is 12.5. The number of aryl methyl sites for hydroxylation is 2. The van der Waals surface area contributed by atoms with Gasteiger partial charge in [-0.1, -0.05) is 0 Å². The van der Waals surface area contributed by atoms with Crippen LogP contribution in [0.3, 0.4) is 0 Å². The minimum absolute atomic E-state index is 0.0850. The summed E-state index contributed by atoms with van der Waals surface area (Å²) in [6.07, 6.45) is 5.51. The third kappa shape index (κ3) is 2.92. The van der Waals surface area contributed by atoms with Crippen LogP contribution < -0.4 is 5.56 Å². The molecule has 1 aliphatic heterocycles. The van der Waals surface area contributed by atoms with Gasteiger partial charge in [0.25, 0.3) is 5.56 Å². The van der Waals surface area contributed by atoms with Crippen LogP contribution in [-0.2, 0) is 26.6 Å². The Morgan fingerprint density at radius 1 is 1.23 bits per heavy atom. The van der Waals surface area contributed by atoms with Crippen LogP contribution in [0.25, 0.3) is 11.4 Å². The average molecular weight is 351 g/mol. The summed E-state index contributed by atoms with van der Waals surface area (Å²) in [6, 6.07) is 0. The lowest BCUT2D eigenvalue weighted by molar-refractivity contribution is 0.241. The molecule has 0 saturated heterocycles. The summed E-state index contributed by atoms with van der Waals surface area (Å²) in [5.41, 5.74) is 5.69. The van der Waals surface area contributed by atoms with Gasteiger partial charge in [0.2, 0.25) is 0 Å². The maximum Gasteiger partial charge on any atom is 0.255 e. The molecule has 26 heavy (non-hydrogen) atoms. The molecule has 0 fully saturated rings. The molecule has 1 N–H and O–H groups in total. The van der Waals surface area contributed by atoms with Gasteiger partial charge in [0.05, 0.1) is 22.5 Å². The van der Waals surface area contributed by atoms with Crippen LogP contribution in [0.2, 0.25) is 0 Å². The molecule has 0 atom stereocenters. The van der Waals surface area contributed by atoms with Crippen molar-refractivity contribution in [2.45, 2.75) is 33.4 Å². The maximum atomic E-state index is 12.6. The van der Waals surface area contributed by atoms with Crippen LogP contribution in [0.5, 0.6) is 0 Å². The van der Waals surface area contributed by atoms with Gasteiger partial charge in [-0.05, 0) is 13.8 Å². The Bertz CT molecular complexity index is 1010. The first-order valence-electron chi connectivity index (χ1n) is 8.62. The Morgan fingerprint density at radius 2 is 2.00 bits per heavy atom. The molecule has 4 rings (SSSR count). The van der Waals surface area contributed by atoms with Crippen molar-refractivity contribution in [1.29, 1.82) is 0 Å². The van der Waals surface area contributed by atoms with Gasteiger partial charge in [0.15, 0.2) is 0 Å². The number of hydrogen-bond acceptors (Lipinski definition) is 6. The molecule has 0 unspecified atom stereocenters. The molecular formula is C18H21N7O. The fourth-order valence-corrected chi connectivity index (χ4v) is 3.44. The van der Waals surface area contributed by atoms with Crippen LogP contribution in [0.15, 0.2) is 23.5 Å². The van der Waals surface area contributed by atoms with Gasteiger partial charge in [-0.15, -0.1) is 0 Å². The van der Waals surface area contributed by atoms with Crippen LogP contribution in [0.4, 0.5) is 0 Å². The third-order valence-corrected chi connectivity index (χ3v) is 5.02. The lowest BCUT2D eigenvalue weighted by atomic mass is 10.1. The zero-order valence-corrected chi connectivity index (χ0v) is 15.2. The van der Waals surface area contributed by atoms with Crippen molar-refractivity contribution in [3.05, 3.63) is 57.3 Å². The molecule has 3 aromatic rings. The molecular weight excluding hydrogens is 330 g/mol. The predicted molar refractivity (Wildman–Crippen MR) is 96.4 cm³/mol. The maximum absolute atomic E-state index is 12.6. The molecule has 1 aliphatic rings. The van der Waals surface area contributed by atoms with E-state index in [1.807, 2.05) is 18.7 Å². The Kier molecular flexibility index (Phi) is 4.12. The van der Waals surface area contributed by atoms with E-state index in [0.717, 1.165) is 42.0 Å². The molecule has 0 aromatic carbocycles. The van der Waals surface area contributed by atoms with E-state index in [0.29, 0.717) is 12.4 Å². The van der Waals surface area contributed by atoms with Gasteiger partial charge in [-0.2, -0.15) is 5.10 Å². The molecule has 0 spiro atoms. The molecule has 0 amide bonds. The molecule has 8 heteroatoms. The Balaban J connectivity index is 1.60.